The molecule has 0 radical (unpaired) electrons. The molecule has 0 aromatic heterocycles. The maximum absolute atomic E-state index is 13.2. The van der Waals surface area contributed by atoms with E-state index in [4.69, 9.17) is 5.11 Å². The minimum absolute atomic E-state index is 0.0602. The summed E-state index contributed by atoms with van der Waals surface area (Å²) in [7, 11) is 0. The molecule has 2 N–H and O–H groups in total. The van der Waals surface area contributed by atoms with Gasteiger partial charge in [0.2, 0.25) is 0 Å². The van der Waals surface area contributed by atoms with Gasteiger partial charge < -0.3 is 5.11 Å². The minimum atomic E-state index is -1.26. The minimum Gasteiger partial charge on any atom is -0.480 e. The number of carboxylic acid groups (broad SMARTS) is 1. The molecule has 1 unspecified atom stereocenters. The van der Waals surface area contributed by atoms with Crippen LogP contribution in [0.2, 0.25) is 0 Å². The SMILES string of the molecule is O=C(O)C1NCc2c(F)cccc2C1=O. The lowest BCUT2D eigenvalue weighted by molar-refractivity contribution is -0.138. The maximum Gasteiger partial charge on any atom is 0.328 e. The molecule has 0 fully saturated rings. The Labute approximate surface area is 84.7 Å². The van der Waals surface area contributed by atoms with Crippen LogP contribution >= 0.6 is 0 Å². The van der Waals surface area contributed by atoms with Crippen LogP contribution < -0.4 is 5.32 Å². The number of fused-ring (bicyclic) bond motifs is 1. The van der Waals surface area contributed by atoms with Crippen molar-refractivity contribution < 1.29 is 19.1 Å². The Hall–Kier alpha value is -1.75. The summed E-state index contributed by atoms with van der Waals surface area (Å²) in [6.07, 6.45) is 0. The Bertz CT molecular complexity index is 444. The Balaban J connectivity index is 2.47. The van der Waals surface area contributed by atoms with Gasteiger partial charge in [0.15, 0.2) is 11.8 Å². The second-order valence-corrected chi connectivity index (χ2v) is 3.28. The fourth-order valence-corrected chi connectivity index (χ4v) is 1.62. The summed E-state index contributed by atoms with van der Waals surface area (Å²) < 4.78 is 13.2. The molecule has 1 heterocycles. The summed E-state index contributed by atoms with van der Waals surface area (Å²) in [5.74, 6) is -2.32. The van der Waals surface area contributed by atoms with Gasteiger partial charge in [0.1, 0.15) is 5.82 Å². The molecule has 1 atom stereocenters. The number of carbonyl (C=O) groups excluding carboxylic acids is 1. The first-order valence-electron chi connectivity index (χ1n) is 4.39. The molecule has 1 aliphatic rings. The number of carboxylic acids is 1. The third-order valence-corrected chi connectivity index (χ3v) is 2.38. The van der Waals surface area contributed by atoms with E-state index in [2.05, 4.69) is 5.32 Å². The molecule has 0 amide bonds. The van der Waals surface area contributed by atoms with Gasteiger partial charge in [0.05, 0.1) is 0 Å². The fourth-order valence-electron chi connectivity index (χ4n) is 1.62. The normalized spacial score (nSPS) is 19.8. The Morgan fingerprint density at radius 1 is 1.53 bits per heavy atom. The van der Waals surface area contributed by atoms with Crippen molar-refractivity contribution in [2.24, 2.45) is 0 Å². The number of ketones is 1. The first-order valence-corrected chi connectivity index (χ1v) is 4.39. The van der Waals surface area contributed by atoms with Gasteiger partial charge in [0.25, 0.3) is 0 Å². The van der Waals surface area contributed by atoms with E-state index < -0.39 is 23.6 Å². The van der Waals surface area contributed by atoms with Crippen molar-refractivity contribution in [3.05, 3.63) is 35.1 Å². The van der Waals surface area contributed by atoms with E-state index in [0.717, 1.165) is 0 Å². The van der Waals surface area contributed by atoms with Gasteiger partial charge in [-0.05, 0) is 6.07 Å². The molecule has 4 nitrogen and oxygen atoms in total. The smallest absolute Gasteiger partial charge is 0.328 e. The van der Waals surface area contributed by atoms with E-state index in [1.165, 1.54) is 18.2 Å². The van der Waals surface area contributed by atoms with Gasteiger partial charge in [-0.25, -0.2) is 4.39 Å². The van der Waals surface area contributed by atoms with Crippen LogP contribution in [0.1, 0.15) is 15.9 Å². The number of carbonyl (C=O) groups is 2. The second kappa shape index (κ2) is 3.43. The summed E-state index contributed by atoms with van der Waals surface area (Å²) in [6, 6.07) is 2.82. The van der Waals surface area contributed by atoms with Gasteiger partial charge in [-0.1, -0.05) is 12.1 Å². The fraction of sp³-hybridized carbons (Fsp3) is 0.200. The molecule has 1 aliphatic heterocycles. The van der Waals surface area contributed by atoms with E-state index in [-0.39, 0.29) is 17.7 Å². The van der Waals surface area contributed by atoms with Crippen LogP contribution in [-0.4, -0.2) is 22.9 Å². The highest BCUT2D eigenvalue weighted by atomic mass is 19.1. The molecular formula is C10H8FNO3. The van der Waals surface area contributed by atoms with Crippen molar-refractivity contribution in [3.63, 3.8) is 0 Å². The number of benzene rings is 1. The molecule has 0 spiro atoms. The van der Waals surface area contributed by atoms with Crippen molar-refractivity contribution in [3.8, 4) is 0 Å². The van der Waals surface area contributed by atoms with Crippen LogP contribution in [0, 0.1) is 5.82 Å². The summed E-state index contributed by atoms with van der Waals surface area (Å²) in [6.45, 7) is 0.0602. The lowest BCUT2D eigenvalue weighted by Crippen LogP contribution is -2.47. The monoisotopic (exact) mass is 209 g/mol. The number of hydrogen-bond donors (Lipinski definition) is 2. The number of rotatable bonds is 1. The zero-order valence-electron chi connectivity index (χ0n) is 7.66. The molecule has 0 saturated carbocycles. The first kappa shape index (κ1) is 9.79. The van der Waals surface area contributed by atoms with E-state index in [0.29, 0.717) is 0 Å². The van der Waals surface area contributed by atoms with E-state index in [1.54, 1.807) is 0 Å². The Morgan fingerprint density at radius 3 is 2.93 bits per heavy atom. The van der Waals surface area contributed by atoms with Gasteiger partial charge in [-0.3, -0.25) is 14.9 Å². The predicted molar refractivity (Wildman–Crippen MR) is 49.0 cm³/mol. The van der Waals surface area contributed by atoms with Crippen LogP contribution in [0.5, 0.6) is 0 Å². The molecule has 1 aromatic carbocycles. The van der Waals surface area contributed by atoms with E-state index in [1.807, 2.05) is 0 Å². The van der Waals surface area contributed by atoms with Crippen LogP contribution in [0.4, 0.5) is 4.39 Å². The molecule has 0 bridgehead atoms. The molecular weight excluding hydrogens is 201 g/mol. The van der Waals surface area contributed by atoms with Crippen LogP contribution in [-0.2, 0) is 11.3 Å². The van der Waals surface area contributed by atoms with E-state index in [9.17, 15) is 14.0 Å². The van der Waals surface area contributed by atoms with Crippen molar-refractivity contribution >= 4 is 11.8 Å². The molecule has 5 heteroatoms. The standard InChI is InChI=1S/C10H8FNO3/c11-7-3-1-2-5-6(7)4-12-8(9(5)13)10(14)15/h1-3,8,12H,4H2,(H,14,15). The highest BCUT2D eigenvalue weighted by Crippen LogP contribution is 2.19. The quantitative estimate of drug-likeness (QED) is 0.663. The summed E-state index contributed by atoms with van der Waals surface area (Å²) in [5, 5.41) is 11.2. The average Bonchev–Trinajstić information content (AvgIpc) is 2.19. The van der Waals surface area contributed by atoms with Gasteiger partial charge >= 0.3 is 5.97 Å². The largest absolute Gasteiger partial charge is 0.480 e. The number of nitrogens with one attached hydrogen (secondary N) is 1. The topological polar surface area (TPSA) is 66.4 Å². The third kappa shape index (κ3) is 1.50. The lowest BCUT2D eigenvalue weighted by Gasteiger charge is -2.21. The highest BCUT2D eigenvalue weighted by molar-refractivity contribution is 6.13. The van der Waals surface area contributed by atoms with Crippen molar-refractivity contribution in [2.45, 2.75) is 12.6 Å². The summed E-state index contributed by atoms with van der Waals surface area (Å²) in [4.78, 5) is 22.3. The van der Waals surface area contributed by atoms with Crippen molar-refractivity contribution in [1.29, 1.82) is 0 Å². The molecule has 0 aliphatic carbocycles. The van der Waals surface area contributed by atoms with Crippen LogP contribution in [0.3, 0.4) is 0 Å². The number of halogens is 1. The van der Waals surface area contributed by atoms with Crippen LogP contribution in [0.15, 0.2) is 18.2 Å². The first-order chi connectivity index (χ1) is 7.11. The molecule has 1 aromatic rings. The van der Waals surface area contributed by atoms with Gasteiger partial charge in [0, 0.05) is 17.7 Å². The number of Topliss-reactive ketones (excluding diaryl/α,β-unsaturated/α-hetero) is 1. The molecule has 2 rings (SSSR count). The number of hydrogen-bond acceptors (Lipinski definition) is 3. The summed E-state index contributed by atoms with van der Waals surface area (Å²) >= 11 is 0. The lowest BCUT2D eigenvalue weighted by atomic mass is 9.94. The van der Waals surface area contributed by atoms with Crippen molar-refractivity contribution in [2.75, 3.05) is 0 Å². The summed E-state index contributed by atoms with van der Waals surface area (Å²) in [5.41, 5.74) is 0.390. The second-order valence-electron chi connectivity index (χ2n) is 3.28. The zero-order valence-corrected chi connectivity index (χ0v) is 7.66. The predicted octanol–water partition coefficient (Wildman–Crippen LogP) is 0.565. The third-order valence-electron chi connectivity index (χ3n) is 2.38. The highest BCUT2D eigenvalue weighted by Gasteiger charge is 2.33. The van der Waals surface area contributed by atoms with Gasteiger partial charge in [-0.15, -0.1) is 0 Å². The van der Waals surface area contributed by atoms with Crippen molar-refractivity contribution in [1.82, 2.24) is 5.32 Å². The number of aliphatic carboxylic acids is 1. The Kier molecular flexibility index (Phi) is 2.24. The van der Waals surface area contributed by atoms with Gasteiger partial charge in [-0.2, -0.15) is 0 Å². The molecule has 78 valence electrons. The Morgan fingerprint density at radius 2 is 2.27 bits per heavy atom. The van der Waals surface area contributed by atoms with Crippen LogP contribution in [0.25, 0.3) is 0 Å². The molecule has 0 saturated heterocycles. The van der Waals surface area contributed by atoms with E-state index >= 15 is 0 Å². The zero-order chi connectivity index (χ0) is 11.0. The average molecular weight is 209 g/mol. The maximum atomic E-state index is 13.2. The molecule has 15 heavy (non-hydrogen) atoms.